The number of fused-ring (bicyclic) bond motifs is 1. The van der Waals surface area contributed by atoms with Gasteiger partial charge in [0.25, 0.3) is 0 Å². The number of para-hydroxylation sites is 1. The molecule has 0 radical (unpaired) electrons. The Morgan fingerprint density at radius 1 is 1.02 bits per heavy atom. The van der Waals surface area contributed by atoms with Gasteiger partial charge in [0.1, 0.15) is 23.7 Å². The van der Waals surface area contributed by atoms with Crippen molar-refractivity contribution in [2.24, 2.45) is 17.8 Å². The summed E-state index contributed by atoms with van der Waals surface area (Å²) in [5.41, 5.74) is 0. The molecule has 3 heterocycles. The Morgan fingerprint density at radius 3 is 2.49 bits per heavy atom. The summed E-state index contributed by atoms with van der Waals surface area (Å²) < 4.78 is 37.7. The van der Waals surface area contributed by atoms with E-state index in [1.165, 1.54) is 0 Å². The zero-order valence-corrected chi connectivity index (χ0v) is 26.4. The fourth-order valence-corrected chi connectivity index (χ4v) is 7.85. The van der Waals surface area contributed by atoms with Crippen molar-refractivity contribution in [1.82, 2.24) is 0 Å². The minimum atomic E-state index is -0.722. The molecule has 9 heteroatoms. The molecule has 43 heavy (non-hydrogen) atoms. The molecule has 3 saturated heterocycles. The summed E-state index contributed by atoms with van der Waals surface area (Å²) >= 11 is 1.56. The first-order chi connectivity index (χ1) is 21.1. The summed E-state index contributed by atoms with van der Waals surface area (Å²) in [6.07, 6.45) is 13.7. The van der Waals surface area contributed by atoms with Crippen molar-refractivity contribution in [2.45, 2.75) is 107 Å². The van der Waals surface area contributed by atoms with Gasteiger partial charge in [0.05, 0.1) is 18.8 Å². The maximum atomic E-state index is 11.5. The van der Waals surface area contributed by atoms with E-state index in [9.17, 15) is 9.90 Å². The van der Waals surface area contributed by atoms with Crippen molar-refractivity contribution in [3.05, 3.63) is 42.5 Å². The Morgan fingerprint density at radius 2 is 1.79 bits per heavy atom. The Balaban J connectivity index is 1.27. The number of ether oxygens (including phenoxy) is 6. The van der Waals surface area contributed by atoms with Crippen molar-refractivity contribution in [3.8, 4) is 5.75 Å². The number of benzene rings is 1. The van der Waals surface area contributed by atoms with Crippen LogP contribution in [0, 0.1) is 17.8 Å². The van der Waals surface area contributed by atoms with Crippen molar-refractivity contribution in [3.63, 3.8) is 0 Å². The monoisotopic (exact) mass is 618 g/mol. The van der Waals surface area contributed by atoms with Crippen LogP contribution in [0.5, 0.6) is 5.75 Å². The molecule has 1 N–H and O–H groups in total. The van der Waals surface area contributed by atoms with Gasteiger partial charge in [-0.2, -0.15) is 0 Å². The maximum Gasteiger partial charge on any atom is 0.316 e. The number of carbonyl (C=O) groups is 1. The quantitative estimate of drug-likeness (QED) is 0.236. The zero-order valence-electron chi connectivity index (χ0n) is 25.6. The topological polar surface area (TPSA) is 92.7 Å². The fourth-order valence-electron chi connectivity index (χ4n) is 6.70. The number of rotatable bonds is 14. The molecule has 0 bridgehead atoms. The maximum absolute atomic E-state index is 11.5. The van der Waals surface area contributed by atoms with Crippen LogP contribution in [0.2, 0.25) is 0 Å². The van der Waals surface area contributed by atoms with Gasteiger partial charge in [0.15, 0.2) is 12.6 Å². The molecule has 4 fully saturated rings. The molecule has 240 valence electrons. The van der Waals surface area contributed by atoms with Crippen LogP contribution in [0.1, 0.15) is 71.1 Å². The molecule has 3 aliphatic heterocycles. The lowest BCUT2D eigenvalue weighted by Crippen LogP contribution is -2.32. The van der Waals surface area contributed by atoms with Crippen LogP contribution in [0.25, 0.3) is 0 Å². The van der Waals surface area contributed by atoms with E-state index in [-0.39, 0.29) is 42.1 Å². The molecule has 0 aromatic heterocycles. The van der Waals surface area contributed by atoms with E-state index in [4.69, 9.17) is 28.4 Å². The normalized spacial score (nSPS) is 33.0. The summed E-state index contributed by atoms with van der Waals surface area (Å²) in [5, 5.41) is 9.14. The zero-order chi connectivity index (χ0) is 29.9. The van der Waals surface area contributed by atoms with Crippen LogP contribution >= 0.6 is 11.8 Å². The molecule has 9 atom stereocenters. The molecule has 8 nitrogen and oxygen atoms in total. The third kappa shape index (κ3) is 9.93. The first kappa shape index (κ1) is 32.8. The van der Waals surface area contributed by atoms with Crippen molar-refractivity contribution in [2.75, 3.05) is 32.2 Å². The molecule has 0 amide bonds. The summed E-state index contributed by atoms with van der Waals surface area (Å²) in [7, 11) is 0. The van der Waals surface area contributed by atoms with Gasteiger partial charge in [-0.1, -0.05) is 37.3 Å². The SMILES string of the molecule is CCC(SC[C@H]1CC[C@@H]2[C@@H](/C=C/[C@H](COc3ccccc3)OC3CCCCO3)[C@H](OC3CCCCO3)C[C@@H]2OC1)C(=O)O. The number of carboxylic acids is 1. The van der Waals surface area contributed by atoms with Gasteiger partial charge in [0.2, 0.25) is 0 Å². The largest absolute Gasteiger partial charge is 0.491 e. The van der Waals surface area contributed by atoms with E-state index in [0.29, 0.717) is 31.5 Å². The number of aliphatic carboxylic acids is 1. The number of hydrogen-bond donors (Lipinski definition) is 1. The highest BCUT2D eigenvalue weighted by atomic mass is 32.2. The van der Waals surface area contributed by atoms with Crippen LogP contribution in [-0.2, 0) is 28.5 Å². The molecule has 1 aromatic carbocycles. The van der Waals surface area contributed by atoms with Crippen molar-refractivity contribution in [1.29, 1.82) is 0 Å². The third-order valence-electron chi connectivity index (χ3n) is 9.13. The second kappa shape index (κ2) is 17.2. The minimum absolute atomic E-state index is 0.0124. The van der Waals surface area contributed by atoms with E-state index in [0.717, 1.165) is 82.5 Å². The molecular formula is C34H50O8S. The van der Waals surface area contributed by atoms with Crippen LogP contribution in [-0.4, -0.2) is 79.4 Å². The lowest BCUT2D eigenvalue weighted by atomic mass is 9.87. The molecule has 1 aliphatic carbocycles. The van der Waals surface area contributed by atoms with Gasteiger partial charge >= 0.3 is 5.97 Å². The highest BCUT2D eigenvalue weighted by Crippen LogP contribution is 2.44. The highest BCUT2D eigenvalue weighted by Gasteiger charge is 2.46. The van der Waals surface area contributed by atoms with Crippen LogP contribution in [0.15, 0.2) is 42.5 Å². The summed E-state index contributed by atoms with van der Waals surface area (Å²) in [5.74, 6) is 1.76. The molecular weight excluding hydrogens is 568 g/mol. The summed E-state index contributed by atoms with van der Waals surface area (Å²) in [6.45, 7) is 4.49. The first-order valence-electron chi connectivity index (χ1n) is 16.4. The average molecular weight is 619 g/mol. The molecule has 1 aromatic rings. The predicted molar refractivity (Wildman–Crippen MR) is 166 cm³/mol. The fraction of sp³-hybridized carbons (Fsp3) is 0.735. The Kier molecular flexibility index (Phi) is 13.1. The molecule has 5 rings (SSSR count). The molecule has 3 unspecified atom stereocenters. The predicted octanol–water partition coefficient (Wildman–Crippen LogP) is 6.47. The highest BCUT2D eigenvalue weighted by molar-refractivity contribution is 8.00. The average Bonchev–Trinajstić information content (AvgIpc) is 3.22. The number of carboxylic acid groups (broad SMARTS) is 1. The Hall–Kier alpha value is -1.62. The van der Waals surface area contributed by atoms with Gasteiger partial charge in [-0.05, 0) is 87.5 Å². The van der Waals surface area contributed by atoms with Crippen molar-refractivity contribution < 1.29 is 38.3 Å². The standard InChI is InChI=1S/C34H50O8S/c1-2-31(34(35)36)43-23-24-14-16-27-28(30(20-29(27)40-21-24)42-33-13-7-9-19-38-33)17-15-26(41-32-12-6-8-18-37-32)22-39-25-10-4-3-5-11-25/h3-5,10-11,15,17,24,26-33H,2,6-9,12-14,16,18-23H2,1H3,(H,35,36)/b17-15+/t24-,26+,27+,28+,29-,30+,31?,32?,33?/m0/s1. The first-order valence-corrected chi connectivity index (χ1v) is 17.5. The second-order valence-corrected chi connectivity index (χ2v) is 13.5. The van der Waals surface area contributed by atoms with Crippen LogP contribution in [0.4, 0.5) is 0 Å². The lowest BCUT2D eigenvalue weighted by molar-refractivity contribution is -0.193. The van der Waals surface area contributed by atoms with E-state index >= 15 is 0 Å². The van der Waals surface area contributed by atoms with Gasteiger partial charge < -0.3 is 33.5 Å². The van der Waals surface area contributed by atoms with Gasteiger partial charge in [-0.15, -0.1) is 11.8 Å². The number of hydrogen-bond acceptors (Lipinski definition) is 8. The lowest BCUT2D eigenvalue weighted by Gasteiger charge is -2.30. The molecule has 0 spiro atoms. The van der Waals surface area contributed by atoms with Crippen molar-refractivity contribution >= 4 is 17.7 Å². The van der Waals surface area contributed by atoms with Crippen LogP contribution < -0.4 is 4.74 Å². The van der Waals surface area contributed by atoms with Gasteiger partial charge in [0, 0.05) is 25.6 Å². The van der Waals surface area contributed by atoms with E-state index < -0.39 is 5.97 Å². The van der Waals surface area contributed by atoms with Gasteiger partial charge in [-0.3, -0.25) is 4.79 Å². The summed E-state index contributed by atoms with van der Waals surface area (Å²) in [6, 6.07) is 9.85. The third-order valence-corrected chi connectivity index (χ3v) is 10.7. The van der Waals surface area contributed by atoms with Crippen LogP contribution in [0.3, 0.4) is 0 Å². The Labute approximate surface area is 261 Å². The Bertz CT molecular complexity index is 980. The summed E-state index contributed by atoms with van der Waals surface area (Å²) in [4.78, 5) is 11.5. The minimum Gasteiger partial charge on any atom is -0.491 e. The molecule has 4 aliphatic rings. The number of thioether (sulfide) groups is 1. The van der Waals surface area contributed by atoms with E-state index in [1.54, 1.807) is 11.8 Å². The van der Waals surface area contributed by atoms with E-state index in [2.05, 4.69) is 12.2 Å². The van der Waals surface area contributed by atoms with Gasteiger partial charge in [-0.25, -0.2) is 0 Å². The second-order valence-electron chi connectivity index (χ2n) is 12.3. The molecule has 1 saturated carbocycles. The van der Waals surface area contributed by atoms with E-state index in [1.807, 2.05) is 37.3 Å². The smallest absolute Gasteiger partial charge is 0.316 e.